The quantitative estimate of drug-likeness (QED) is 0.734. The molecule has 0 spiro atoms. The molecule has 1 N–H and O–H groups in total. The zero-order valence-corrected chi connectivity index (χ0v) is 9.90. The zero-order chi connectivity index (χ0) is 9.47. The molecule has 14 heavy (non-hydrogen) atoms. The Hall–Kier alpha value is 0.160. The Kier molecular flexibility index (Phi) is 3.80. The molecule has 2 atom stereocenters. The average Bonchev–Trinajstić information content (AvgIpc) is 2.61. The molecule has 84 valence electrons. The lowest BCUT2D eigenvalue weighted by atomic mass is 10.0. The molecule has 0 aromatic rings. The van der Waals surface area contributed by atoms with E-state index in [1.807, 2.05) is 0 Å². The van der Waals surface area contributed by atoms with E-state index in [2.05, 4.69) is 5.32 Å². The summed E-state index contributed by atoms with van der Waals surface area (Å²) < 4.78 is 24.7. The van der Waals surface area contributed by atoms with Gasteiger partial charge in [0.15, 0.2) is 0 Å². The van der Waals surface area contributed by atoms with E-state index in [9.17, 15) is 8.42 Å². The minimum atomic E-state index is -2.93. The number of rotatable bonds is 2. The summed E-state index contributed by atoms with van der Waals surface area (Å²) in [6.07, 6.45) is 0. The first-order chi connectivity index (χ1) is 6.13. The second-order valence-electron chi connectivity index (χ2n) is 3.90. The van der Waals surface area contributed by atoms with Crippen molar-refractivity contribution < 1.29 is 8.42 Å². The van der Waals surface area contributed by atoms with Gasteiger partial charge < -0.3 is 5.32 Å². The van der Waals surface area contributed by atoms with Crippen molar-refractivity contribution in [3.63, 3.8) is 0 Å². The van der Waals surface area contributed by atoms with Crippen molar-refractivity contribution in [3.05, 3.63) is 0 Å². The number of nitrogens with zero attached hydrogens (tertiary/aromatic N) is 1. The SMILES string of the molecule is CCS(=O)(=O)N1CC2CNCC2C1.Cl. The van der Waals surface area contributed by atoms with E-state index in [1.165, 1.54) is 0 Å². The first-order valence-electron chi connectivity index (χ1n) is 4.82. The van der Waals surface area contributed by atoms with E-state index < -0.39 is 10.0 Å². The standard InChI is InChI=1S/C8H16N2O2S.ClH/c1-2-13(11,12)10-5-7-3-9-4-8(7)6-10;/h7-9H,2-6H2,1H3;1H. The second-order valence-corrected chi connectivity index (χ2v) is 6.15. The van der Waals surface area contributed by atoms with E-state index in [1.54, 1.807) is 11.2 Å². The maximum Gasteiger partial charge on any atom is 0.213 e. The molecule has 0 bridgehead atoms. The first-order valence-corrected chi connectivity index (χ1v) is 6.43. The molecular formula is C8H17ClN2O2S. The number of halogens is 1. The number of fused-ring (bicyclic) bond motifs is 1. The highest BCUT2D eigenvalue weighted by Crippen LogP contribution is 2.28. The van der Waals surface area contributed by atoms with Crippen LogP contribution in [0.25, 0.3) is 0 Å². The fourth-order valence-corrected chi connectivity index (χ4v) is 3.42. The molecule has 4 nitrogen and oxygen atoms in total. The summed E-state index contributed by atoms with van der Waals surface area (Å²) in [4.78, 5) is 0. The Balaban J connectivity index is 0.000000980. The Labute approximate surface area is 91.5 Å². The highest BCUT2D eigenvalue weighted by atomic mass is 35.5. The van der Waals surface area contributed by atoms with Crippen LogP contribution in [0.4, 0.5) is 0 Å². The normalized spacial score (nSPS) is 32.6. The van der Waals surface area contributed by atoms with Crippen LogP contribution in [0.3, 0.4) is 0 Å². The van der Waals surface area contributed by atoms with Gasteiger partial charge in [-0.05, 0) is 31.8 Å². The van der Waals surface area contributed by atoms with Crippen LogP contribution in [-0.2, 0) is 10.0 Å². The summed E-state index contributed by atoms with van der Waals surface area (Å²) in [6.45, 7) is 5.14. The van der Waals surface area contributed by atoms with Gasteiger partial charge in [-0.3, -0.25) is 0 Å². The van der Waals surface area contributed by atoms with Gasteiger partial charge in [-0.2, -0.15) is 0 Å². The second kappa shape index (κ2) is 4.35. The van der Waals surface area contributed by atoms with E-state index in [4.69, 9.17) is 0 Å². The van der Waals surface area contributed by atoms with Crippen molar-refractivity contribution in [2.45, 2.75) is 6.92 Å². The third kappa shape index (κ3) is 2.05. The van der Waals surface area contributed by atoms with Crippen molar-refractivity contribution in [2.75, 3.05) is 31.9 Å². The van der Waals surface area contributed by atoms with Gasteiger partial charge in [0, 0.05) is 13.1 Å². The molecule has 0 amide bonds. The summed E-state index contributed by atoms with van der Waals surface area (Å²) >= 11 is 0. The van der Waals surface area contributed by atoms with Gasteiger partial charge in [0.2, 0.25) is 10.0 Å². The van der Waals surface area contributed by atoms with Crippen LogP contribution in [0.2, 0.25) is 0 Å². The number of sulfonamides is 1. The first kappa shape index (κ1) is 12.2. The lowest BCUT2D eigenvalue weighted by Crippen LogP contribution is -2.32. The summed E-state index contributed by atoms with van der Waals surface area (Å²) in [5.41, 5.74) is 0. The third-order valence-electron chi connectivity index (χ3n) is 3.11. The monoisotopic (exact) mass is 240 g/mol. The molecule has 0 radical (unpaired) electrons. The van der Waals surface area contributed by atoms with E-state index in [-0.39, 0.29) is 18.2 Å². The van der Waals surface area contributed by atoms with Gasteiger partial charge >= 0.3 is 0 Å². The highest BCUT2D eigenvalue weighted by Gasteiger charge is 2.40. The molecule has 6 heteroatoms. The van der Waals surface area contributed by atoms with E-state index in [0.717, 1.165) is 26.2 Å². The molecule has 0 aromatic heterocycles. The van der Waals surface area contributed by atoms with Crippen molar-refractivity contribution in [1.29, 1.82) is 0 Å². The molecule has 0 aliphatic carbocycles. The highest BCUT2D eigenvalue weighted by molar-refractivity contribution is 7.89. The predicted molar refractivity (Wildman–Crippen MR) is 58.1 cm³/mol. The van der Waals surface area contributed by atoms with Crippen LogP contribution in [0, 0.1) is 11.8 Å². The summed E-state index contributed by atoms with van der Waals surface area (Å²) in [6, 6.07) is 0. The van der Waals surface area contributed by atoms with Crippen LogP contribution < -0.4 is 5.32 Å². The van der Waals surface area contributed by atoms with Gasteiger partial charge in [0.1, 0.15) is 0 Å². The Bertz CT molecular complexity index is 282. The fourth-order valence-electron chi connectivity index (χ4n) is 2.22. The number of hydrogen-bond acceptors (Lipinski definition) is 3. The summed E-state index contributed by atoms with van der Waals surface area (Å²) in [5.74, 6) is 1.35. The minimum Gasteiger partial charge on any atom is -0.316 e. The van der Waals surface area contributed by atoms with Gasteiger partial charge in [-0.15, -0.1) is 12.4 Å². The Morgan fingerprint density at radius 2 is 1.79 bits per heavy atom. The smallest absolute Gasteiger partial charge is 0.213 e. The topological polar surface area (TPSA) is 49.4 Å². The van der Waals surface area contributed by atoms with Crippen molar-refractivity contribution in [2.24, 2.45) is 11.8 Å². The van der Waals surface area contributed by atoms with Gasteiger partial charge in [-0.25, -0.2) is 12.7 Å². The molecular weight excluding hydrogens is 224 g/mol. The van der Waals surface area contributed by atoms with Gasteiger partial charge in [0.25, 0.3) is 0 Å². The number of nitrogens with one attached hydrogen (secondary N) is 1. The molecule has 2 heterocycles. The molecule has 0 aromatic carbocycles. The molecule has 2 rings (SSSR count). The van der Waals surface area contributed by atoms with Crippen molar-refractivity contribution in [3.8, 4) is 0 Å². The molecule has 2 fully saturated rings. The minimum absolute atomic E-state index is 0. The van der Waals surface area contributed by atoms with Crippen LogP contribution in [-0.4, -0.2) is 44.7 Å². The molecule has 2 unspecified atom stereocenters. The maximum absolute atomic E-state index is 11.5. The molecule has 0 saturated carbocycles. The van der Waals surface area contributed by atoms with Crippen molar-refractivity contribution >= 4 is 22.4 Å². The molecule has 2 aliphatic heterocycles. The van der Waals surface area contributed by atoms with Gasteiger partial charge in [-0.1, -0.05) is 0 Å². The lowest BCUT2D eigenvalue weighted by Gasteiger charge is -2.15. The lowest BCUT2D eigenvalue weighted by molar-refractivity contribution is 0.449. The Morgan fingerprint density at radius 3 is 2.21 bits per heavy atom. The largest absolute Gasteiger partial charge is 0.316 e. The van der Waals surface area contributed by atoms with Crippen LogP contribution in [0.5, 0.6) is 0 Å². The summed E-state index contributed by atoms with van der Waals surface area (Å²) in [5, 5.41) is 3.29. The molecule has 2 aliphatic rings. The molecule has 2 saturated heterocycles. The average molecular weight is 241 g/mol. The van der Waals surface area contributed by atoms with E-state index >= 15 is 0 Å². The zero-order valence-electron chi connectivity index (χ0n) is 8.27. The van der Waals surface area contributed by atoms with Crippen LogP contribution in [0.1, 0.15) is 6.92 Å². The van der Waals surface area contributed by atoms with Crippen molar-refractivity contribution in [1.82, 2.24) is 9.62 Å². The fraction of sp³-hybridized carbons (Fsp3) is 1.00. The van der Waals surface area contributed by atoms with Crippen LogP contribution in [0.15, 0.2) is 0 Å². The van der Waals surface area contributed by atoms with Gasteiger partial charge in [0.05, 0.1) is 5.75 Å². The third-order valence-corrected chi connectivity index (χ3v) is 4.93. The predicted octanol–water partition coefficient (Wildman–Crippen LogP) is -0.0909. The number of hydrogen-bond donors (Lipinski definition) is 1. The summed E-state index contributed by atoms with van der Waals surface area (Å²) in [7, 11) is -2.93. The Morgan fingerprint density at radius 1 is 1.29 bits per heavy atom. The maximum atomic E-state index is 11.5. The van der Waals surface area contributed by atoms with E-state index in [0.29, 0.717) is 11.8 Å². The van der Waals surface area contributed by atoms with Crippen LogP contribution >= 0.6 is 12.4 Å².